The molecule has 2 rings (SSSR count). The van der Waals surface area contributed by atoms with Gasteiger partial charge in [0.15, 0.2) is 0 Å². The van der Waals surface area contributed by atoms with Gasteiger partial charge in [-0.2, -0.15) is 0 Å². The number of hydrogen-bond donors (Lipinski definition) is 2. The molecule has 0 bridgehead atoms. The van der Waals surface area contributed by atoms with E-state index in [-0.39, 0.29) is 17.5 Å². The Kier molecular flexibility index (Phi) is 4.20. The fourth-order valence-electron chi connectivity index (χ4n) is 1.61. The molecule has 1 aromatic heterocycles. The first kappa shape index (κ1) is 14.0. The monoisotopic (exact) mass is 280 g/mol. The highest BCUT2D eigenvalue weighted by Crippen LogP contribution is 2.30. The number of hydrogen-bond acceptors (Lipinski definition) is 4. The maximum Gasteiger partial charge on any atom is 0.242 e. The average molecular weight is 280 g/mol. The fourth-order valence-corrected chi connectivity index (χ4v) is 2.95. The van der Waals surface area contributed by atoms with Crippen molar-refractivity contribution >= 4 is 10.0 Å². The van der Waals surface area contributed by atoms with Gasteiger partial charge in [-0.25, -0.2) is 13.1 Å². The van der Waals surface area contributed by atoms with Crippen molar-refractivity contribution in [2.45, 2.75) is 30.7 Å². The number of nitrogens with one attached hydrogen (secondary N) is 1. The van der Waals surface area contributed by atoms with Gasteiger partial charge in [0.1, 0.15) is 4.90 Å². The summed E-state index contributed by atoms with van der Waals surface area (Å²) in [6, 6.07) is 1.53. The van der Waals surface area contributed by atoms with Crippen LogP contribution < -0.4 is 4.72 Å². The van der Waals surface area contributed by atoms with Crippen LogP contribution in [-0.2, 0) is 10.0 Å². The third-order valence-corrected chi connectivity index (χ3v) is 4.37. The van der Waals surface area contributed by atoms with Crippen LogP contribution in [0.2, 0.25) is 0 Å². The van der Waals surface area contributed by atoms with Gasteiger partial charge in [-0.3, -0.25) is 4.98 Å². The lowest BCUT2D eigenvalue weighted by atomic mass is 10.3. The molecule has 0 spiro atoms. The molecule has 5 nitrogen and oxygen atoms in total. The number of sulfonamides is 1. The summed E-state index contributed by atoms with van der Waals surface area (Å²) in [5.74, 6) is 5.90. The van der Waals surface area contributed by atoms with Crippen LogP contribution in [0.25, 0.3) is 0 Å². The SMILES string of the molecule is CC1CC1NS(=O)(=O)c1cncc(C#CCCO)c1. The van der Waals surface area contributed by atoms with Crippen molar-refractivity contribution in [2.24, 2.45) is 5.92 Å². The molecule has 102 valence electrons. The summed E-state index contributed by atoms with van der Waals surface area (Å²) in [6.45, 7) is 1.99. The number of nitrogens with zero attached hydrogens (tertiary/aromatic N) is 1. The first-order valence-corrected chi connectivity index (χ1v) is 7.58. The van der Waals surface area contributed by atoms with E-state index < -0.39 is 10.0 Å². The number of aliphatic hydroxyl groups is 1. The molecule has 2 atom stereocenters. The normalized spacial score (nSPS) is 21.6. The van der Waals surface area contributed by atoms with Gasteiger partial charge in [-0.1, -0.05) is 18.8 Å². The number of aromatic nitrogens is 1. The van der Waals surface area contributed by atoms with Crippen molar-refractivity contribution in [1.82, 2.24) is 9.71 Å². The molecule has 0 aromatic carbocycles. The highest BCUT2D eigenvalue weighted by molar-refractivity contribution is 7.89. The second-order valence-electron chi connectivity index (χ2n) is 4.63. The Labute approximate surface area is 113 Å². The molecule has 0 radical (unpaired) electrons. The number of pyridine rings is 1. The summed E-state index contributed by atoms with van der Waals surface area (Å²) in [5, 5.41) is 8.64. The predicted octanol–water partition coefficient (Wildman–Crippen LogP) is 0.502. The van der Waals surface area contributed by atoms with Crippen molar-refractivity contribution in [3.8, 4) is 11.8 Å². The Bertz CT molecular complexity index is 616. The minimum atomic E-state index is -3.51. The van der Waals surface area contributed by atoms with Gasteiger partial charge in [0.2, 0.25) is 10.0 Å². The molecule has 2 N–H and O–H groups in total. The van der Waals surface area contributed by atoms with Crippen LogP contribution in [0, 0.1) is 17.8 Å². The zero-order valence-corrected chi connectivity index (χ0v) is 11.4. The van der Waals surface area contributed by atoms with E-state index in [9.17, 15) is 8.42 Å². The second-order valence-corrected chi connectivity index (χ2v) is 6.34. The van der Waals surface area contributed by atoms with E-state index >= 15 is 0 Å². The van der Waals surface area contributed by atoms with Crippen LogP contribution in [0.4, 0.5) is 0 Å². The van der Waals surface area contributed by atoms with Crippen LogP contribution in [-0.4, -0.2) is 31.2 Å². The van der Waals surface area contributed by atoms with Gasteiger partial charge in [0.05, 0.1) is 6.61 Å². The van der Waals surface area contributed by atoms with Gasteiger partial charge in [0, 0.05) is 30.4 Å². The minimum absolute atomic E-state index is 0.0143. The van der Waals surface area contributed by atoms with E-state index in [1.165, 1.54) is 18.5 Å². The van der Waals surface area contributed by atoms with Crippen molar-refractivity contribution in [2.75, 3.05) is 6.61 Å². The Hall–Kier alpha value is -1.42. The van der Waals surface area contributed by atoms with Crippen LogP contribution in [0.3, 0.4) is 0 Å². The molecule has 0 amide bonds. The van der Waals surface area contributed by atoms with Crippen LogP contribution in [0.15, 0.2) is 23.4 Å². The average Bonchev–Trinajstić information content (AvgIpc) is 3.05. The smallest absolute Gasteiger partial charge is 0.242 e. The maximum absolute atomic E-state index is 12.1. The molecule has 2 unspecified atom stereocenters. The molecular formula is C13H16N2O3S. The molecule has 0 saturated heterocycles. The lowest BCUT2D eigenvalue weighted by molar-refractivity contribution is 0.305. The first-order chi connectivity index (χ1) is 9.03. The summed E-state index contributed by atoms with van der Waals surface area (Å²) in [7, 11) is -3.51. The molecule has 1 aliphatic carbocycles. The lowest BCUT2D eigenvalue weighted by Crippen LogP contribution is -2.27. The molecule has 1 saturated carbocycles. The zero-order chi connectivity index (χ0) is 13.9. The molecule has 1 aromatic rings. The topological polar surface area (TPSA) is 79.3 Å². The van der Waals surface area contributed by atoms with Crippen molar-refractivity contribution in [3.63, 3.8) is 0 Å². The quantitative estimate of drug-likeness (QED) is 0.787. The van der Waals surface area contributed by atoms with Crippen molar-refractivity contribution in [1.29, 1.82) is 0 Å². The van der Waals surface area contributed by atoms with E-state index in [0.717, 1.165) is 6.42 Å². The van der Waals surface area contributed by atoms with Gasteiger partial charge in [0.25, 0.3) is 0 Å². The summed E-state index contributed by atoms with van der Waals surface area (Å²) < 4.78 is 26.8. The summed E-state index contributed by atoms with van der Waals surface area (Å²) in [6.07, 6.45) is 4.05. The molecule has 0 aliphatic heterocycles. The van der Waals surface area contributed by atoms with Crippen molar-refractivity contribution in [3.05, 3.63) is 24.0 Å². The highest BCUT2D eigenvalue weighted by atomic mass is 32.2. The van der Waals surface area contributed by atoms with Gasteiger partial charge < -0.3 is 5.11 Å². The predicted molar refractivity (Wildman–Crippen MR) is 70.7 cm³/mol. The third-order valence-electron chi connectivity index (χ3n) is 2.91. The zero-order valence-electron chi connectivity index (χ0n) is 10.6. The second kappa shape index (κ2) is 5.70. The standard InChI is InChI=1S/C13H16N2O3S/c1-10-6-13(10)15-19(17,18)12-7-11(8-14-9-12)4-2-3-5-16/h7-10,13,15-16H,3,5-6H2,1H3. The molecule has 6 heteroatoms. The first-order valence-electron chi connectivity index (χ1n) is 6.10. The maximum atomic E-state index is 12.1. The molecule has 1 aliphatic rings. The van der Waals surface area contributed by atoms with Crippen LogP contribution in [0.5, 0.6) is 0 Å². The Morgan fingerprint density at radius 2 is 2.26 bits per heavy atom. The number of rotatable bonds is 4. The highest BCUT2D eigenvalue weighted by Gasteiger charge is 2.36. The molecule has 1 fully saturated rings. The summed E-state index contributed by atoms with van der Waals surface area (Å²) in [5.41, 5.74) is 0.528. The Balaban J connectivity index is 2.16. The summed E-state index contributed by atoms with van der Waals surface area (Å²) in [4.78, 5) is 4.02. The van der Waals surface area contributed by atoms with E-state index in [0.29, 0.717) is 17.9 Å². The summed E-state index contributed by atoms with van der Waals surface area (Å²) >= 11 is 0. The fraction of sp³-hybridized carbons (Fsp3) is 0.462. The molecule has 1 heterocycles. The van der Waals surface area contributed by atoms with Gasteiger partial charge in [-0.05, 0) is 18.4 Å². The van der Waals surface area contributed by atoms with E-state index in [1.54, 1.807) is 0 Å². The van der Waals surface area contributed by atoms with Crippen molar-refractivity contribution < 1.29 is 13.5 Å². The largest absolute Gasteiger partial charge is 0.395 e. The van der Waals surface area contributed by atoms with Gasteiger partial charge in [-0.15, -0.1) is 0 Å². The third kappa shape index (κ3) is 3.77. The van der Waals surface area contributed by atoms with E-state index in [2.05, 4.69) is 21.5 Å². The molecule has 19 heavy (non-hydrogen) atoms. The van der Waals surface area contributed by atoms with E-state index in [1.807, 2.05) is 6.92 Å². The van der Waals surface area contributed by atoms with E-state index in [4.69, 9.17) is 5.11 Å². The van der Waals surface area contributed by atoms with Gasteiger partial charge >= 0.3 is 0 Å². The Morgan fingerprint density at radius 1 is 1.53 bits per heavy atom. The number of aliphatic hydroxyl groups excluding tert-OH is 1. The van der Waals surface area contributed by atoms with Crippen LogP contribution in [0.1, 0.15) is 25.3 Å². The molecular weight excluding hydrogens is 264 g/mol. The minimum Gasteiger partial charge on any atom is -0.395 e. The lowest BCUT2D eigenvalue weighted by Gasteiger charge is -2.05. The van der Waals surface area contributed by atoms with Crippen LogP contribution >= 0.6 is 0 Å². The Morgan fingerprint density at radius 3 is 2.89 bits per heavy atom.